The summed E-state index contributed by atoms with van der Waals surface area (Å²) in [5, 5.41) is 31.0. The number of carbonyl (C=O) groups excluding carboxylic acids is 2. The molecule has 1 heterocycles. The Kier molecular flexibility index (Phi) is 40.7. The molecule has 0 saturated carbocycles. The minimum atomic E-state index is -4.61. The van der Waals surface area contributed by atoms with E-state index < -0.39 is 71.2 Å². The summed E-state index contributed by atoms with van der Waals surface area (Å²) in [7, 11) is -4.61. The molecule has 0 bridgehead atoms. The number of hydrogen-bond donors (Lipinski definition) is 4. The third-order valence-corrected chi connectivity index (χ3v) is 13.4. The number of allylic oxidation sites excluding steroid dienone is 3. The molecule has 388 valence electrons. The summed E-state index contributed by atoms with van der Waals surface area (Å²) < 4.78 is 54.1. The van der Waals surface area contributed by atoms with Crippen LogP contribution in [0.15, 0.2) is 24.3 Å². The fraction of sp³-hybridized carbons (Fsp3) is 0.887. The van der Waals surface area contributed by atoms with Gasteiger partial charge < -0.3 is 34.3 Å². The molecule has 4 N–H and O–H groups in total. The summed E-state index contributed by atoms with van der Waals surface area (Å²) >= 11 is 0. The lowest BCUT2D eigenvalue weighted by atomic mass is 10.00. The summed E-state index contributed by atoms with van der Waals surface area (Å²) in [6.45, 7) is 3.70. The third kappa shape index (κ3) is 37.1. The fourth-order valence-electron chi connectivity index (χ4n) is 8.48. The van der Waals surface area contributed by atoms with Crippen LogP contribution in [-0.4, -0.2) is 96.0 Å². The molecule has 0 spiro atoms. The molecule has 6 atom stereocenters. The Morgan fingerprint density at radius 2 is 0.955 bits per heavy atom. The topological polar surface area (TPSA) is 186 Å². The van der Waals surface area contributed by atoms with E-state index in [1.165, 1.54) is 192 Å². The van der Waals surface area contributed by atoms with E-state index in [1.54, 1.807) is 12.2 Å². The van der Waals surface area contributed by atoms with Crippen LogP contribution in [0, 0.1) is 0 Å². The highest BCUT2D eigenvalue weighted by Gasteiger charge is 2.46. The van der Waals surface area contributed by atoms with Crippen LogP contribution < -0.4 is 0 Å². The highest BCUT2D eigenvalue weighted by molar-refractivity contribution is 7.85. The Hall–Kier alpha value is -1.87. The summed E-state index contributed by atoms with van der Waals surface area (Å²) in [4.78, 5) is 25.4. The number of unbranched alkanes of at least 4 members (excludes halogenated alkanes) is 33. The van der Waals surface area contributed by atoms with Crippen LogP contribution in [0.25, 0.3) is 0 Å². The lowest BCUT2D eigenvalue weighted by Gasteiger charge is -2.40. The maximum atomic E-state index is 12.9. The van der Waals surface area contributed by atoms with Gasteiger partial charge >= 0.3 is 11.9 Å². The number of hydrogen-bond acceptors (Lipinski definition) is 11. The molecule has 0 aromatic carbocycles. The van der Waals surface area contributed by atoms with Gasteiger partial charge in [-0.1, -0.05) is 238 Å². The van der Waals surface area contributed by atoms with Gasteiger partial charge in [-0.3, -0.25) is 9.35 Å². The summed E-state index contributed by atoms with van der Waals surface area (Å²) in [6.07, 6.45) is 41.4. The van der Waals surface area contributed by atoms with Gasteiger partial charge in [0.1, 0.15) is 36.8 Å². The molecule has 12 nitrogen and oxygen atoms in total. The fourth-order valence-corrected chi connectivity index (χ4v) is 9.17. The molecule has 0 aromatic heterocycles. The predicted molar refractivity (Wildman–Crippen MR) is 266 cm³/mol. The van der Waals surface area contributed by atoms with Gasteiger partial charge in [0.25, 0.3) is 10.1 Å². The largest absolute Gasteiger partial charge is 0.458 e. The molecule has 66 heavy (non-hydrogen) atoms. The molecular weight excluding hydrogens is 861 g/mol. The molecular formula is C53H98O12S. The summed E-state index contributed by atoms with van der Waals surface area (Å²) in [5.74, 6) is -2.23. The van der Waals surface area contributed by atoms with Gasteiger partial charge in [-0.2, -0.15) is 8.42 Å². The second kappa shape index (κ2) is 43.2. The molecule has 1 aliphatic heterocycles. The Labute approximate surface area is 402 Å². The lowest BCUT2D eigenvalue weighted by Crippen LogP contribution is -2.60. The van der Waals surface area contributed by atoms with E-state index in [0.717, 1.165) is 32.1 Å². The molecule has 1 fully saturated rings. The smallest absolute Gasteiger partial charge is 0.330 e. The predicted octanol–water partition coefficient (Wildman–Crippen LogP) is 12.3. The van der Waals surface area contributed by atoms with Crippen molar-refractivity contribution in [3.05, 3.63) is 24.3 Å². The standard InChI is InChI=1S/C53H98O12S/c1-3-5-7-9-11-13-15-17-19-20-21-22-23-24-25-26-28-30-32-34-36-38-40-42-49(55)64-46(44-63-53-52(58)51(57)50(56)47(65-53)45-66(59,60)61)43-62-48(54)41-39-37-35-33-31-29-27-18-16-14-12-10-8-6-4-2/h35,37,39,41,46-47,50-53,56-58H,3-34,36,38,40,42-45H2,1-2H3,(H,59,60,61)/b37-35+,41-39+/t46-,47-,50-,51?,52?,53+/m1/s1. The maximum Gasteiger partial charge on any atom is 0.330 e. The Morgan fingerprint density at radius 1 is 0.545 bits per heavy atom. The Balaban J connectivity index is 2.35. The summed E-state index contributed by atoms with van der Waals surface area (Å²) in [6, 6.07) is 0. The van der Waals surface area contributed by atoms with Gasteiger partial charge in [0.05, 0.1) is 6.61 Å². The van der Waals surface area contributed by atoms with Gasteiger partial charge in [0, 0.05) is 12.5 Å². The van der Waals surface area contributed by atoms with Crippen LogP contribution in [0.1, 0.15) is 245 Å². The minimum absolute atomic E-state index is 0.150. The van der Waals surface area contributed by atoms with E-state index in [-0.39, 0.29) is 13.0 Å². The second-order valence-corrected chi connectivity index (χ2v) is 20.5. The van der Waals surface area contributed by atoms with Crippen molar-refractivity contribution in [2.45, 2.75) is 282 Å². The molecule has 13 heteroatoms. The number of aliphatic hydroxyl groups excluding tert-OH is 3. The quantitative estimate of drug-likeness (QED) is 0.0149. The van der Waals surface area contributed by atoms with E-state index in [4.69, 9.17) is 18.9 Å². The van der Waals surface area contributed by atoms with Gasteiger partial charge in [0.15, 0.2) is 12.4 Å². The van der Waals surface area contributed by atoms with E-state index in [2.05, 4.69) is 13.8 Å². The first-order chi connectivity index (χ1) is 32.0. The van der Waals surface area contributed by atoms with E-state index in [9.17, 15) is 37.9 Å². The van der Waals surface area contributed by atoms with Crippen molar-refractivity contribution in [1.29, 1.82) is 0 Å². The number of carbonyl (C=O) groups is 2. The molecule has 0 aromatic rings. The Morgan fingerprint density at radius 3 is 1.38 bits per heavy atom. The molecule has 1 rings (SSSR count). The first kappa shape index (κ1) is 62.1. The molecule has 0 radical (unpaired) electrons. The zero-order chi connectivity index (χ0) is 48.4. The maximum absolute atomic E-state index is 12.9. The zero-order valence-electron chi connectivity index (χ0n) is 41.8. The van der Waals surface area contributed by atoms with Crippen molar-refractivity contribution < 1.29 is 56.8 Å². The first-order valence-corrected chi connectivity index (χ1v) is 28.5. The normalized spacial score (nSPS) is 19.5. The van der Waals surface area contributed by atoms with Crippen LogP contribution in [0.3, 0.4) is 0 Å². The van der Waals surface area contributed by atoms with Crippen molar-refractivity contribution >= 4 is 22.1 Å². The van der Waals surface area contributed by atoms with Gasteiger partial charge in [-0.15, -0.1) is 0 Å². The lowest BCUT2D eigenvalue weighted by molar-refractivity contribution is -0.297. The third-order valence-electron chi connectivity index (χ3n) is 12.6. The minimum Gasteiger partial charge on any atom is -0.458 e. The van der Waals surface area contributed by atoms with E-state index >= 15 is 0 Å². The van der Waals surface area contributed by atoms with Crippen LogP contribution >= 0.6 is 0 Å². The van der Waals surface area contributed by atoms with Crippen molar-refractivity contribution in [3.63, 3.8) is 0 Å². The molecule has 2 unspecified atom stereocenters. The highest BCUT2D eigenvalue weighted by Crippen LogP contribution is 2.24. The first-order valence-electron chi connectivity index (χ1n) is 26.9. The van der Waals surface area contributed by atoms with Crippen LogP contribution in [-0.2, 0) is 38.7 Å². The van der Waals surface area contributed by atoms with Crippen molar-refractivity contribution in [1.82, 2.24) is 0 Å². The zero-order valence-corrected chi connectivity index (χ0v) is 42.6. The average Bonchev–Trinajstić information content (AvgIpc) is 3.28. The molecule has 0 aliphatic carbocycles. The average molecular weight is 959 g/mol. The van der Waals surface area contributed by atoms with Gasteiger partial charge in [-0.25, -0.2) is 4.79 Å². The number of ether oxygens (including phenoxy) is 4. The van der Waals surface area contributed by atoms with Crippen molar-refractivity contribution in [2.75, 3.05) is 19.0 Å². The van der Waals surface area contributed by atoms with Gasteiger partial charge in [0.2, 0.25) is 0 Å². The second-order valence-electron chi connectivity index (χ2n) is 19.0. The van der Waals surface area contributed by atoms with Crippen LogP contribution in [0.4, 0.5) is 0 Å². The molecule has 0 amide bonds. The monoisotopic (exact) mass is 959 g/mol. The summed E-state index contributed by atoms with van der Waals surface area (Å²) in [5.41, 5.74) is 0. The Bertz CT molecular complexity index is 1310. The SMILES string of the molecule is CCCCCCCCCCCCC/C=C/C=C/C(=O)OC[C@H](CO[C@H]1O[C@H](CS(=O)(=O)O)[C@@H](O)C(O)C1O)OC(=O)CCCCCCCCCCCCCCCCCCCCCCCCC. The van der Waals surface area contributed by atoms with E-state index in [0.29, 0.717) is 6.42 Å². The van der Waals surface area contributed by atoms with Crippen LogP contribution in [0.2, 0.25) is 0 Å². The van der Waals surface area contributed by atoms with Crippen molar-refractivity contribution in [2.24, 2.45) is 0 Å². The number of esters is 2. The van der Waals surface area contributed by atoms with Crippen LogP contribution in [0.5, 0.6) is 0 Å². The van der Waals surface area contributed by atoms with Crippen molar-refractivity contribution in [3.8, 4) is 0 Å². The van der Waals surface area contributed by atoms with E-state index in [1.807, 2.05) is 6.08 Å². The van der Waals surface area contributed by atoms with Gasteiger partial charge in [-0.05, 0) is 19.3 Å². The molecule has 1 saturated heterocycles. The number of rotatable bonds is 46. The number of aliphatic hydroxyl groups is 3. The highest BCUT2D eigenvalue weighted by atomic mass is 32.2. The molecule has 1 aliphatic rings.